The van der Waals surface area contributed by atoms with Gasteiger partial charge in [-0.1, -0.05) is 107 Å². The van der Waals surface area contributed by atoms with E-state index in [0.717, 1.165) is 12.2 Å². The molecule has 182 valence electrons. The van der Waals surface area contributed by atoms with E-state index in [1.165, 1.54) is 65.5 Å². The van der Waals surface area contributed by atoms with Crippen LogP contribution >= 0.6 is 0 Å². The van der Waals surface area contributed by atoms with Crippen molar-refractivity contribution in [3.8, 4) is 5.75 Å². The fraction of sp³-hybridized carbons (Fsp3) is 0.438. The maximum Gasteiger partial charge on any atom is 0.122 e. The lowest BCUT2D eigenvalue weighted by Crippen LogP contribution is -1.92. The lowest BCUT2D eigenvalue weighted by Gasteiger charge is -2.10. The molecular weight excluding hydrogens is 400 g/mol. The van der Waals surface area contributed by atoms with Crippen LogP contribution < -0.4 is 4.74 Å². The van der Waals surface area contributed by atoms with Crippen molar-refractivity contribution in [3.63, 3.8) is 0 Å². The fourth-order valence-electron chi connectivity index (χ4n) is 3.75. The second-order valence-electron chi connectivity index (χ2n) is 8.30. The molecule has 0 unspecified atom stereocenters. The zero-order valence-corrected chi connectivity index (χ0v) is 22.6. The summed E-state index contributed by atoms with van der Waals surface area (Å²) in [5, 5.41) is 0. The summed E-state index contributed by atoms with van der Waals surface area (Å²) < 4.78 is 5.26. The molecule has 0 aliphatic carbocycles. The van der Waals surface area contributed by atoms with E-state index in [-0.39, 0.29) is 0 Å². The summed E-state index contributed by atoms with van der Waals surface area (Å²) >= 11 is 0. The van der Waals surface area contributed by atoms with Crippen LogP contribution in [0.2, 0.25) is 0 Å². The van der Waals surface area contributed by atoms with Crippen LogP contribution in [0.25, 0.3) is 6.08 Å². The van der Waals surface area contributed by atoms with Crippen LogP contribution in [0.5, 0.6) is 5.75 Å². The standard InChI is InChI=1S/C13H16O.C11H16.C8H16/c1-5-6-7-12-10(2)8-9-13(14-4)11(12)3;1-3-7-11-9-6-5-8-10(11)4-2;1-4-6-8(3)7-5-2/h5-9H,1H2,2-4H3;5-6,8-9H,3-4,7H2,1-2H3;6H,4-5,7H2,1-3H3/b7-6-;;8-6-. The van der Waals surface area contributed by atoms with Crippen molar-refractivity contribution < 1.29 is 4.74 Å². The highest BCUT2D eigenvalue weighted by Crippen LogP contribution is 2.25. The third kappa shape index (κ3) is 12.3. The van der Waals surface area contributed by atoms with Gasteiger partial charge in [0.15, 0.2) is 0 Å². The van der Waals surface area contributed by atoms with Gasteiger partial charge in [0, 0.05) is 0 Å². The van der Waals surface area contributed by atoms with Crippen LogP contribution in [0.1, 0.15) is 88.1 Å². The zero-order valence-electron chi connectivity index (χ0n) is 22.6. The maximum absolute atomic E-state index is 5.26. The molecule has 0 aliphatic rings. The van der Waals surface area contributed by atoms with Gasteiger partial charge in [-0.05, 0) is 80.3 Å². The van der Waals surface area contributed by atoms with Crippen LogP contribution in [0.4, 0.5) is 0 Å². The van der Waals surface area contributed by atoms with Gasteiger partial charge >= 0.3 is 0 Å². The average Bonchev–Trinajstić information content (AvgIpc) is 2.81. The fourth-order valence-corrected chi connectivity index (χ4v) is 3.75. The molecule has 2 aromatic rings. The van der Waals surface area contributed by atoms with Crippen molar-refractivity contribution in [2.24, 2.45) is 0 Å². The summed E-state index contributed by atoms with van der Waals surface area (Å²) in [5.74, 6) is 0.930. The molecule has 0 heterocycles. The summed E-state index contributed by atoms with van der Waals surface area (Å²) in [6.07, 6.45) is 15.4. The molecule has 0 N–H and O–H groups in total. The second-order valence-corrected chi connectivity index (χ2v) is 8.30. The number of ether oxygens (including phenoxy) is 1. The Morgan fingerprint density at radius 3 is 2.12 bits per heavy atom. The monoisotopic (exact) mass is 448 g/mol. The Hall–Kier alpha value is -2.54. The Balaban J connectivity index is 0.000000485. The lowest BCUT2D eigenvalue weighted by molar-refractivity contribution is 0.411. The van der Waals surface area contributed by atoms with Gasteiger partial charge < -0.3 is 4.74 Å². The van der Waals surface area contributed by atoms with E-state index in [0.29, 0.717) is 0 Å². The van der Waals surface area contributed by atoms with E-state index < -0.39 is 0 Å². The Bertz CT molecular complexity index is 855. The van der Waals surface area contributed by atoms with Gasteiger partial charge in [0.25, 0.3) is 0 Å². The van der Waals surface area contributed by atoms with Crippen molar-refractivity contribution in [1.29, 1.82) is 0 Å². The first-order chi connectivity index (χ1) is 15.9. The summed E-state index contributed by atoms with van der Waals surface area (Å²) in [4.78, 5) is 0. The SMILES string of the molecule is C=C/C=C\c1c(C)ccc(OC)c1C.CC/C=C(/C)CCC.CCCc1ccccc1CC. The zero-order chi connectivity index (χ0) is 25.1. The van der Waals surface area contributed by atoms with Gasteiger partial charge in [-0.25, -0.2) is 0 Å². The van der Waals surface area contributed by atoms with Gasteiger partial charge in [-0.15, -0.1) is 0 Å². The number of methoxy groups -OCH3 is 1. The number of hydrogen-bond acceptors (Lipinski definition) is 1. The van der Waals surface area contributed by atoms with Gasteiger partial charge in [0.1, 0.15) is 5.75 Å². The molecule has 2 aromatic carbocycles. The van der Waals surface area contributed by atoms with Crippen molar-refractivity contribution in [2.75, 3.05) is 7.11 Å². The molecule has 0 atom stereocenters. The third-order valence-corrected chi connectivity index (χ3v) is 5.52. The van der Waals surface area contributed by atoms with Gasteiger partial charge in [0.05, 0.1) is 7.11 Å². The Labute approximate surface area is 205 Å². The molecule has 0 saturated heterocycles. The number of rotatable bonds is 9. The molecule has 0 saturated carbocycles. The highest BCUT2D eigenvalue weighted by molar-refractivity contribution is 5.62. The Kier molecular flexibility index (Phi) is 17.5. The summed E-state index contributed by atoms with van der Waals surface area (Å²) in [7, 11) is 1.69. The molecule has 0 bridgehead atoms. The quantitative estimate of drug-likeness (QED) is 0.274. The van der Waals surface area contributed by atoms with Crippen LogP contribution in [0, 0.1) is 13.8 Å². The lowest BCUT2D eigenvalue weighted by atomic mass is 10.0. The van der Waals surface area contributed by atoms with Crippen LogP contribution in [0.3, 0.4) is 0 Å². The number of allylic oxidation sites excluding steroid dienone is 4. The molecule has 0 aliphatic heterocycles. The summed E-state index contributed by atoms with van der Waals surface area (Å²) in [6.45, 7) is 18.9. The number of benzene rings is 2. The van der Waals surface area contributed by atoms with Crippen LogP contribution in [-0.4, -0.2) is 7.11 Å². The normalized spacial score (nSPS) is 10.7. The van der Waals surface area contributed by atoms with Gasteiger partial charge in [-0.2, -0.15) is 0 Å². The Morgan fingerprint density at radius 1 is 0.939 bits per heavy atom. The van der Waals surface area contributed by atoms with Crippen molar-refractivity contribution in [3.05, 3.63) is 94.6 Å². The molecule has 1 heteroatoms. The van der Waals surface area contributed by atoms with E-state index in [2.05, 4.69) is 97.5 Å². The first kappa shape index (κ1) is 30.5. The number of hydrogen-bond donors (Lipinski definition) is 0. The minimum absolute atomic E-state index is 0.930. The first-order valence-corrected chi connectivity index (χ1v) is 12.6. The van der Waals surface area contributed by atoms with Gasteiger partial charge in [0.2, 0.25) is 0 Å². The predicted octanol–water partition coefficient (Wildman–Crippen LogP) is 9.86. The molecule has 2 rings (SSSR count). The minimum Gasteiger partial charge on any atom is -0.496 e. The molecule has 0 aromatic heterocycles. The second kappa shape index (κ2) is 19.0. The molecule has 0 spiro atoms. The van der Waals surface area contributed by atoms with E-state index in [4.69, 9.17) is 4.74 Å². The molecular formula is C32H48O. The average molecular weight is 449 g/mol. The minimum atomic E-state index is 0.930. The highest BCUT2D eigenvalue weighted by Gasteiger charge is 2.04. The highest BCUT2D eigenvalue weighted by atomic mass is 16.5. The summed E-state index contributed by atoms with van der Waals surface area (Å²) in [5.41, 5.74) is 8.21. The van der Waals surface area contributed by atoms with E-state index >= 15 is 0 Å². The first-order valence-electron chi connectivity index (χ1n) is 12.6. The third-order valence-electron chi connectivity index (χ3n) is 5.52. The maximum atomic E-state index is 5.26. The largest absolute Gasteiger partial charge is 0.496 e. The summed E-state index contributed by atoms with van der Waals surface area (Å²) in [6, 6.07) is 12.8. The van der Waals surface area contributed by atoms with Crippen LogP contribution in [0.15, 0.2) is 66.8 Å². The van der Waals surface area contributed by atoms with Gasteiger partial charge in [-0.3, -0.25) is 0 Å². The van der Waals surface area contributed by atoms with E-state index in [1.807, 2.05) is 12.1 Å². The van der Waals surface area contributed by atoms with Crippen LogP contribution in [-0.2, 0) is 12.8 Å². The van der Waals surface area contributed by atoms with E-state index in [9.17, 15) is 0 Å². The molecule has 1 nitrogen and oxygen atoms in total. The molecule has 33 heavy (non-hydrogen) atoms. The van der Waals surface area contributed by atoms with Crippen molar-refractivity contribution >= 4 is 6.08 Å². The smallest absolute Gasteiger partial charge is 0.122 e. The topological polar surface area (TPSA) is 9.23 Å². The number of aryl methyl sites for hydroxylation is 3. The van der Waals surface area contributed by atoms with Crippen molar-refractivity contribution in [2.45, 2.75) is 87.0 Å². The van der Waals surface area contributed by atoms with Crippen molar-refractivity contribution in [1.82, 2.24) is 0 Å². The molecule has 0 amide bonds. The predicted molar refractivity (Wildman–Crippen MR) is 150 cm³/mol. The van der Waals surface area contributed by atoms with E-state index in [1.54, 1.807) is 13.2 Å². The molecule has 0 fully saturated rings. The Morgan fingerprint density at radius 2 is 1.61 bits per heavy atom. The molecule has 0 radical (unpaired) electrons.